The Bertz CT molecular complexity index is 459. The highest BCUT2D eigenvalue weighted by Gasteiger charge is 2.21. The van der Waals surface area contributed by atoms with E-state index >= 15 is 0 Å². The minimum Gasteiger partial charge on any atom is -0.444 e. The molecule has 1 heterocycles. The first-order valence-electron chi connectivity index (χ1n) is 6.60. The summed E-state index contributed by atoms with van der Waals surface area (Å²) in [5.74, 6) is 0. The molecule has 0 spiro atoms. The average Bonchev–Trinajstić information content (AvgIpc) is 2.85. The fourth-order valence-electron chi connectivity index (χ4n) is 2.22. The van der Waals surface area contributed by atoms with E-state index in [9.17, 15) is 4.79 Å². The zero-order valence-corrected chi connectivity index (χ0v) is 13.2. The van der Waals surface area contributed by atoms with E-state index in [4.69, 9.17) is 4.74 Å². The van der Waals surface area contributed by atoms with Crippen LogP contribution >= 0.6 is 15.9 Å². The lowest BCUT2D eigenvalue weighted by molar-refractivity contribution is 0.0636. The molecule has 1 aromatic heterocycles. The molecule has 1 aliphatic rings. The Kier molecular flexibility index (Phi) is 4.18. The van der Waals surface area contributed by atoms with Crippen molar-refractivity contribution in [3.63, 3.8) is 0 Å². The van der Waals surface area contributed by atoms with Crippen LogP contribution in [0.1, 0.15) is 52.5 Å². The molecule has 0 unspecified atom stereocenters. The van der Waals surface area contributed by atoms with E-state index < -0.39 is 11.7 Å². The van der Waals surface area contributed by atoms with Gasteiger partial charge in [0.15, 0.2) is 4.60 Å². The molecule has 0 aliphatic heterocycles. The normalized spacial score (nSPS) is 16.6. The lowest BCUT2D eigenvalue weighted by Gasteiger charge is -2.19. The standard InChI is InChI=1S/C13H20BrN3O2/c1-13(2,3)19-12(18)15-10-8-17(16-11(10)14)9-6-4-5-7-9/h8-9H,4-7H2,1-3H3,(H,15,18). The molecule has 0 atom stereocenters. The molecule has 0 saturated heterocycles. The third kappa shape index (κ3) is 3.96. The highest BCUT2D eigenvalue weighted by atomic mass is 79.9. The van der Waals surface area contributed by atoms with Crippen LogP contribution in [0.5, 0.6) is 0 Å². The number of ether oxygens (including phenoxy) is 1. The Balaban J connectivity index is 2.02. The third-order valence-electron chi connectivity index (χ3n) is 3.02. The van der Waals surface area contributed by atoms with E-state index in [2.05, 4.69) is 26.3 Å². The van der Waals surface area contributed by atoms with Crippen molar-refractivity contribution in [1.82, 2.24) is 9.78 Å². The van der Waals surface area contributed by atoms with Crippen molar-refractivity contribution in [2.75, 3.05) is 5.32 Å². The molecule has 5 nitrogen and oxygen atoms in total. The predicted octanol–water partition coefficient (Wildman–Crippen LogP) is 4.11. The zero-order chi connectivity index (χ0) is 14.0. The van der Waals surface area contributed by atoms with Gasteiger partial charge in [-0.05, 0) is 49.5 Å². The number of rotatable bonds is 2. The van der Waals surface area contributed by atoms with E-state index in [0.29, 0.717) is 16.3 Å². The summed E-state index contributed by atoms with van der Waals surface area (Å²) in [5.41, 5.74) is 0.152. The van der Waals surface area contributed by atoms with Gasteiger partial charge in [-0.1, -0.05) is 12.8 Å². The topological polar surface area (TPSA) is 56.1 Å². The number of carbonyl (C=O) groups is 1. The molecule has 106 valence electrons. The number of nitrogens with zero attached hydrogens (tertiary/aromatic N) is 2. The van der Waals surface area contributed by atoms with Gasteiger partial charge in [0, 0.05) is 0 Å². The van der Waals surface area contributed by atoms with Crippen molar-refractivity contribution in [3.05, 3.63) is 10.8 Å². The van der Waals surface area contributed by atoms with Gasteiger partial charge in [0.05, 0.1) is 17.9 Å². The average molecular weight is 330 g/mol. The minimum atomic E-state index is -0.502. The monoisotopic (exact) mass is 329 g/mol. The molecule has 0 bridgehead atoms. The fraction of sp³-hybridized carbons (Fsp3) is 0.692. The molecule has 1 amide bonds. The van der Waals surface area contributed by atoms with Crippen LogP contribution in [-0.4, -0.2) is 21.5 Å². The van der Waals surface area contributed by atoms with Crippen LogP contribution in [-0.2, 0) is 4.74 Å². The molecular formula is C13H20BrN3O2. The second-order valence-electron chi connectivity index (χ2n) is 5.88. The molecule has 2 rings (SSSR count). The van der Waals surface area contributed by atoms with Gasteiger partial charge in [-0.3, -0.25) is 10.00 Å². The SMILES string of the molecule is CC(C)(C)OC(=O)Nc1cn(C2CCCC2)nc1Br. The van der Waals surface area contributed by atoms with Gasteiger partial charge in [0.2, 0.25) is 0 Å². The zero-order valence-electron chi connectivity index (χ0n) is 11.6. The Morgan fingerprint density at radius 3 is 2.68 bits per heavy atom. The summed E-state index contributed by atoms with van der Waals surface area (Å²) in [6, 6.07) is 0.450. The van der Waals surface area contributed by atoms with Crippen LogP contribution in [0.25, 0.3) is 0 Å². The van der Waals surface area contributed by atoms with E-state index in [1.165, 1.54) is 12.8 Å². The molecule has 1 fully saturated rings. The van der Waals surface area contributed by atoms with Crippen LogP contribution in [0.2, 0.25) is 0 Å². The van der Waals surface area contributed by atoms with Crippen LogP contribution in [0, 0.1) is 0 Å². The molecule has 1 aliphatic carbocycles. The summed E-state index contributed by atoms with van der Waals surface area (Å²) in [6.07, 6.45) is 6.21. The van der Waals surface area contributed by atoms with Crippen LogP contribution < -0.4 is 5.32 Å². The second-order valence-corrected chi connectivity index (χ2v) is 6.63. The predicted molar refractivity (Wildman–Crippen MR) is 77.3 cm³/mol. The first-order chi connectivity index (χ1) is 8.85. The summed E-state index contributed by atoms with van der Waals surface area (Å²) in [7, 11) is 0. The maximum Gasteiger partial charge on any atom is 0.412 e. The molecule has 0 aromatic carbocycles. The molecule has 1 N–H and O–H groups in total. The van der Waals surface area contributed by atoms with Gasteiger partial charge in [0.1, 0.15) is 5.60 Å². The number of carbonyl (C=O) groups excluding carboxylic acids is 1. The number of amides is 1. The van der Waals surface area contributed by atoms with Crippen LogP contribution in [0.4, 0.5) is 10.5 Å². The fourth-order valence-corrected chi connectivity index (χ4v) is 2.61. The molecule has 1 aromatic rings. The van der Waals surface area contributed by atoms with E-state index in [1.54, 1.807) is 0 Å². The van der Waals surface area contributed by atoms with Gasteiger partial charge < -0.3 is 4.74 Å². The van der Waals surface area contributed by atoms with Crippen LogP contribution in [0.3, 0.4) is 0 Å². The van der Waals surface area contributed by atoms with Gasteiger partial charge in [-0.15, -0.1) is 0 Å². The van der Waals surface area contributed by atoms with Gasteiger partial charge in [-0.25, -0.2) is 4.79 Å². The summed E-state index contributed by atoms with van der Waals surface area (Å²) in [6.45, 7) is 5.51. The molecule has 6 heteroatoms. The van der Waals surface area contributed by atoms with E-state index in [1.807, 2.05) is 31.6 Å². The molecular weight excluding hydrogens is 310 g/mol. The second kappa shape index (κ2) is 5.53. The Morgan fingerprint density at radius 2 is 2.11 bits per heavy atom. The van der Waals surface area contributed by atoms with Gasteiger partial charge in [0.25, 0.3) is 0 Å². The third-order valence-corrected chi connectivity index (χ3v) is 3.61. The number of hydrogen-bond acceptors (Lipinski definition) is 3. The highest BCUT2D eigenvalue weighted by molar-refractivity contribution is 9.10. The maximum atomic E-state index is 11.7. The first kappa shape index (κ1) is 14.4. The number of hydrogen-bond donors (Lipinski definition) is 1. The first-order valence-corrected chi connectivity index (χ1v) is 7.39. The Hall–Kier alpha value is -1.04. The molecule has 1 saturated carbocycles. The smallest absolute Gasteiger partial charge is 0.412 e. The highest BCUT2D eigenvalue weighted by Crippen LogP contribution is 2.31. The number of aromatic nitrogens is 2. The Morgan fingerprint density at radius 1 is 1.47 bits per heavy atom. The number of halogens is 1. The van der Waals surface area contributed by atoms with E-state index in [-0.39, 0.29) is 0 Å². The maximum absolute atomic E-state index is 11.7. The minimum absolute atomic E-state index is 0.450. The van der Waals surface area contributed by atoms with Crippen molar-refractivity contribution in [2.24, 2.45) is 0 Å². The van der Waals surface area contributed by atoms with Crippen molar-refractivity contribution in [1.29, 1.82) is 0 Å². The lowest BCUT2D eigenvalue weighted by atomic mass is 10.2. The summed E-state index contributed by atoms with van der Waals surface area (Å²) < 4.78 is 7.80. The summed E-state index contributed by atoms with van der Waals surface area (Å²) in [4.78, 5) is 11.7. The lowest BCUT2D eigenvalue weighted by Crippen LogP contribution is -2.27. The molecule has 0 radical (unpaired) electrons. The van der Waals surface area contributed by atoms with Gasteiger partial charge in [-0.2, -0.15) is 5.10 Å². The summed E-state index contributed by atoms with van der Waals surface area (Å²) in [5, 5.41) is 7.12. The Labute approximate surface area is 121 Å². The van der Waals surface area contributed by atoms with Crippen molar-refractivity contribution in [3.8, 4) is 0 Å². The quantitative estimate of drug-likeness (QED) is 0.888. The van der Waals surface area contributed by atoms with Gasteiger partial charge >= 0.3 is 6.09 Å². The van der Waals surface area contributed by atoms with Crippen LogP contribution in [0.15, 0.2) is 10.8 Å². The number of nitrogens with one attached hydrogen (secondary N) is 1. The largest absolute Gasteiger partial charge is 0.444 e. The van der Waals surface area contributed by atoms with Crippen molar-refractivity contribution < 1.29 is 9.53 Å². The molecule has 19 heavy (non-hydrogen) atoms. The summed E-state index contributed by atoms with van der Waals surface area (Å²) >= 11 is 3.37. The van der Waals surface area contributed by atoms with E-state index in [0.717, 1.165) is 12.8 Å². The van der Waals surface area contributed by atoms with Crippen molar-refractivity contribution in [2.45, 2.75) is 58.1 Å². The number of anilines is 1. The van der Waals surface area contributed by atoms with Crippen molar-refractivity contribution >= 4 is 27.7 Å².